The maximum atomic E-state index is 12.6. The molecular weight excluding hydrogens is 398 g/mol. The average Bonchev–Trinajstić information content (AvgIpc) is 2.77. The Morgan fingerprint density at radius 1 is 0.933 bits per heavy atom. The van der Waals surface area contributed by atoms with E-state index in [0.717, 1.165) is 28.3 Å². The lowest BCUT2D eigenvalue weighted by molar-refractivity contribution is 0.208. The zero-order valence-corrected chi connectivity index (χ0v) is 17.9. The number of hydrogen-bond acceptors (Lipinski definition) is 4. The number of amides is 2. The fourth-order valence-corrected chi connectivity index (χ4v) is 3.61. The summed E-state index contributed by atoms with van der Waals surface area (Å²) in [4.78, 5) is 16.6. The SMILES string of the molecule is Cc1ccc(-c2ccc(N3CCN(C(=O)Nc4cc(Cl)ccc4C)CC3)nn2)cc1. The van der Waals surface area contributed by atoms with Crippen LogP contribution in [-0.2, 0) is 0 Å². The predicted molar refractivity (Wildman–Crippen MR) is 121 cm³/mol. The largest absolute Gasteiger partial charge is 0.352 e. The highest BCUT2D eigenvalue weighted by Gasteiger charge is 2.22. The smallest absolute Gasteiger partial charge is 0.321 e. The van der Waals surface area contributed by atoms with Crippen molar-refractivity contribution in [2.75, 3.05) is 36.4 Å². The van der Waals surface area contributed by atoms with Crippen molar-refractivity contribution in [1.82, 2.24) is 15.1 Å². The number of nitrogens with one attached hydrogen (secondary N) is 1. The summed E-state index contributed by atoms with van der Waals surface area (Å²) in [5, 5.41) is 12.4. The van der Waals surface area contributed by atoms with Gasteiger partial charge in [0.05, 0.1) is 5.69 Å². The van der Waals surface area contributed by atoms with Gasteiger partial charge in [-0.15, -0.1) is 10.2 Å². The van der Waals surface area contributed by atoms with Crippen LogP contribution in [0.25, 0.3) is 11.3 Å². The second-order valence-corrected chi connectivity index (χ2v) is 7.94. The van der Waals surface area contributed by atoms with Crippen LogP contribution in [0.2, 0.25) is 5.02 Å². The van der Waals surface area contributed by atoms with E-state index in [0.29, 0.717) is 31.2 Å². The maximum absolute atomic E-state index is 12.6. The van der Waals surface area contributed by atoms with E-state index in [4.69, 9.17) is 11.6 Å². The van der Waals surface area contributed by atoms with Crippen LogP contribution in [0.3, 0.4) is 0 Å². The Balaban J connectivity index is 1.35. The zero-order chi connectivity index (χ0) is 21.1. The van der Waals surface area contributed by atoms with E-state index >= 15 is 0 Å². The van der Waals surface area contributed by atoms with Crippen LogP contribution in [-0.4, -0.2) is 47.3 Å². The number of nitrogens with zero attached hydrogens (tertiary/aromatic N) is 4. The molecule has 6 nitrogen and oxygen atoms in total. The summed E-state index contributed by atoms with van der Waals surface area (Å²) in [7, 11) is 0. The van der Waals surface area contributed by atoms with E-state index in [1.807, 2.05) is 36.1 Å². The van der Waals surface area contributed by atoms with Crippen molar-refractivity contribution in [2.45, 2.75) is 13.8 Å². The molecule has 154 valence electrons. The predicted octanol–water partition coefficient (Wildman–Crippen LogP) is 4.77. The summed E-state index contributed by atoms with van der Waals surface area (Å²) in [6.07, 6.45) is 0. The minimum absolute atomic E-state index is 0.110. The second kappa shape index (κ2) is 8.71. The van der Waals surface area contributed by atoms with Crippen LogP contribution >= 0.6 is 11.6 Å². The topological polar surface area (TPSA) is 61.4 Å². The fourth-order valence-electron chi connectivity index (χ4n) is 3.43. The van der Waals surface area contributed by atoms with Crippen molar-refractivity contribution >= 4 is 29.1 Å². The molecule has 0 atom stereocenters. The summed E-state index contributed by atoms with van der Waals surface area (Å²) in [5.74, 6) is 0.830. The lowest BCUT2D eigenvalue weighted by Crippen LogP contribution is -2.50. The van der Waals surface area contributed by atoms with E-state index in [9.17, 15) is 4.79 Å². The molecule has 1 fully saturated rings. The van der Waals surface area contributed by atoms with Crippen molar-refractivity contribution in [3.8, 4) is 11.3 Å². The molecule has 2 amide bonds. The number of halogens is 1. The van der Waals surface area contributed by atoms with Crippen molar-refractivity contribution in [3.63, 3.8) is 0 Å². The molecule has 0 bridgehead atoms. The van der Waals surface area contributed by atoms with Gasteiger partial charge in [-0.1, -0.05) is 47.5 Å². The summed E-state index contributed by atoms with van der Waals surface area (Å²) in [6.45, 7) is 6.66. The van der Waals surface area contributed by atoms with Crippen LogP contribution < -0.4 is 10.2 Å². The molecule has 0 aliphatic carbocycles. The molecule has 7 heteroatoms. The Bertz CT molecular complexity index is 1030. The maximum Gasteiger partial charge on any atom is 0.321 e. The van der Waals surface area contributed by atoms with Gasteiger partial charge < -0.3 is 15.1 Å². The zero-order valence-electron chi connectivity index (χ0n) is 17.1. The van der Waals surface area contributed by atoms with Gasteiger partial charge >= 0.3 is 6.03 Å². The Hall–Kier alpha value is -3.12. The molecule has 4 rings (SSSR count). The molecule has 1 aliphatic rings. The minimum Gasteiger partial charge on any atom is -0.352 e. The van der Waals surface area contributed by atoms with Crippen LogP contribution in [0.4, 0.5) is 16.3 Å². The molecule has 0 saturated carbocycles. The molecule has 2 aromatic carbocycles. The molecule has 0 spiro atoms. The summed E-state index contributed by atoms with van der Waals surface area (Å²) in [6, 6.07) is 17.6. The molecule has 0 unspecified atom stereocenters. The first-order chi connectivity index (χ1) is 14.5. The number of carbonyl (C=O) groups excluding carboxylic acids is 1. The van der Waals surface area contributed by atoms with Crippen molar-refractivity contribution < 1.29 is 4.79 Å². The molecule has 0 radical (unpaired) electrons. The number of hydrogen-bond donors (Lipinski definition) is 1. The Labute approximate surface area is 181 Å². The lowest BCUT2D eigenvalue weighted by Gasteiger charge is -2.35. The molecule has 3 aromatic rings. The number of urea groups is 1. The highest BCUT2D eigenvalue weighted by Crippen LogP contribution is 2.22. The van der Waals surface area contributed by atoms with Crippen molar-refractivity contribution in [3.05, 3.63) is 70.7 Å². The first-order valence-corrected chi connectivity index (χ1v) is 10.4. The van der Waals surface area contributed by atoms with Gasteiger partial charge in [-0.2, -0.15) is 0 Å². The first kappa shape index (κ1) is 20.2. The number of anilines is 2. The highest BCUT2D eigenvalue weighted by molar-refractivity contribution is 6.31. The van der Waals surface area contributed by atoms with Gasteiger partial charge in [0.1, 0.15) is 0 Å². The molecule has 1 aliphatic heterocycles. The van der Waals surface area contributed by atoms with Crippen LogP contribution in [0.5, 0.6) is 0 Å². The fraction of sp³-hybridized carbons (Fsp3) is 0.261. The lowest BCUT2D eigenvalue weighted by atomic mass is 10.1. The number of carbonyl (C=O) groups is 1. The van der Waals surface area contributed by atoms with Crippen LogP contribution in [0, 0.1) is 13.8 Å². The monoisotopic (exact) mass is 421 g/mol. The summed E-state index contributed by atoms with van der Waals surface area (Å²) >= 11 is 6.05. The molecule has 2 heterocycles. The Kier molecular flexibility index (Phi) is 5.86. The number of aromatic nitrogens is 2. The Morgan fingerprint density at radius 2 is 1.67 bits per heavy atom. The number of piperazine rings is 1. The molecular formula is C23H24ClN5O. The van der Waals surface area contributed by atoms with Gasteiger partial charge in [-0.3, -0.25) is 0 Å². The minimum atomic E-state index is -0.110. The summed E-state index contributed by atoms with van der Waals surface area (Å²) < 4.78 is 0. The number of rotatable bonds is 3. The van der Waals surface area contributed by atoms with E-state index in [1.165, 1.54) is 5.56 Å². The van der Waals surface area contributed by atoms with E-state index in [1.54, 1.807) is 6.07 Å². The van der Waals surface area contributed by atoms with E-state index in [-0.39, 0.29) is 6.03 Å². The average molecular weight is 422 g/mol. The van der Waals surface area contributed by atoms with Gasteiger partial charge in [0.2, 0.25) is 0 Å². The third kappa shape index (κ3) is 4.54. The second-order valence-electron chi connectivity index (χ2n) is 7.51. The van der Waals surface area contributed by atoms with E-state index in [2.05, 4.69) is 51.6 Å². The molecule has 1 aromatic heterocycles. The van der Waals surface area contributed by atoms with Gasteiger partial charge in [-0.05, 0) is 43.7 Å². The normalized spacial score (nSPS) is 14.0. The molecule has 1 saturated heterocycles. The van der Waals surface area contributed by atoms with Gasteiger partial charge in [0.25, 0.3) is 0 Å². The van der Waals surface area contributed by atoms with Crippen LogP contribution in [0.15, 0.2) is 54.6 Å². The Morgan fingerprint density at radius 3 is 2.33 bits per heavy atom. The van der Waals surface area contributed by atoms with Gasteiger partial charge in [0.15, 0.2) is 5.82 Å². The third-order valence-electron chi connectivity index (χ3n) is 5.33. The van der Waals surface area contributed by atoms with Gasteiger partial charge in [-0.25, -0.2) is 4.79 Å². The van der Waals surface area contributed by atoms with E-state index < -0.39 is 0 Å². The van der Waals surface area contributed by atoms with Crippen molar-refractivity contribution in [1.29, 1.82) is 0 Å². The summed E-state index contributed by atoms with van der Waals surface area (Å²) in [5.41, 5.74) is 4.85. The molecule has 30 heavy (non-hydrogen) atoms. The standard InChI is InChI=1S/C23H24ClN5O/c1-16-3-6-18(7-4-16)20-9-10-22(27-26-20)28-11-13-29(14-12-28)23(30)25-21-15-19(24)8-5-17(21)2/h3-10,15H,11-14H2,1-2H3,(H,25,30). The first-order valence-electron chi connectivity index (χ1n) is 9.97. The number of aryl methyl sites for hydroxylation is 2. The van der Waals surface area contributed by atoms with Crippen molar-refractivity contribution in [2.24, 2.45) is 0 Å². The van der Waals surface area contributed by atoms with Gasteiger partial charge in [0, 0.05) is 42.5 Å². The van der Waals surface area contributed by atoms with Crippen LogP contribution in [0.1, 0.15) is 11.1 Å². The highest BCUT2D eigenvalue weighted by atomic mass is 35.5. The quantitative estimate of drug-likeness (QED) is 0.661. The number of benzene rings is 2. The molecule has 1 N–H and O–H groups in total. The third-order valence-corrected chi connectivity index (χ3v) is 5.56.